The molecule has 20 heavy (non-hydrogen) atoms. The average molecular weight is 271 g/mol. The summed E-state index contributed by atoms with van der Waals surface area (Å²) < 4.78 is 0. The molecule has 0 aliphatic heterocycles. The molecular weight excluding hydrogens is 246 g/mol. The van der Waals surface area contributed by atoms with E-state index < -0.39 is 0 Å². The minimum absolute atomic E-state index is 0.385. The molecule has 2 fully saturated rings. The van der Waals surface area contributed by atoms with Gasteiger partial charge in [-0.3, -0.25) is 0 Å². The molecule has 2 saturated carbocycles. The molecule has 0 spiro atoms. The lowest BCUT2D eigenvalue weighted by Gasteiger charge is -2.50. The van der Waals surface area contributed by atoms with Crippen LogP contribution >= 0.6 is 0 Å². The summed E-state index contributed by atoms with van der Waals surface area (Å²) in [5.74, 6) is 2.77. The first-order chi connectivity index (χ1) is 9.59. The zero-order valence-corrected chi connectivity index (χ0v) is 12.3. The van der Waals surface area contributed by atoms with Crippen molar-refractivity contribution < 1.29 is 5.11 Å². The van der Waals surface area contributed by atoms with Gasteiger partial charge in [0.15, 0.2) is 0 Å². The number of fused-ring (bicyclic) bond motifs is 5. The summed E-state index contributed by atoms with van der Waals surface area (Å²) in [6.07, 6.45) is 7.52. The van der Waals surface area contributed by atoms with Crippen LogP contribution in [-0.2, 0) is 6.42 Å². The highest BCUT2D eigenvalue weighted by Crippen LogP contribution is 2.60. The molecule has 0 amide bonds. The average Bonchev–Trinajstić information content (AvgIpc) is 2.74. The van der Waals surface area contributed by atoms with Crippen molar-refractivity contribution in [2.24, 2.45) is 23.0 Å². The monoisotopic (exact) mass is 271 g/mol. The fourth-order valence-corrected chi connectivity index (χ4v) is 5.61. The first-order valence-electron chi connectivity index (χ1n) is 8.17. The molecule has 2 nitrogen and oxygen atoms in total. The van der Waals surface area contributed by atoms with E-state index in [9.17, 15) is 5.11 Å². The lowest BCUT2D eigenvalue weighted by molar-refractivity contribution is 0.0496. The Bertz CT molecular complexity index is 540. The van der Waals surface area contributed by atoms with E-state index in [-0.39, 0.29) is 0 Å². The summed E-state index contributed by atoms with van der Waals surface area (Å²) in [4.78, 5) is 0. The van der Waals surface area contributed by atoms with Crippen LogP contribution in [0.4, 0.5) is 0 Å². The molecule has 0 aromatic heterocycles. The molecule has 4 rings (SSSR count). The van der Waals surface area contributed by atoms with E-state index in [2.05, 4.69) is 13.0 Å². The molecule has 4 unspecified atom stereocenters. The van der Waals surface area contributed by atoms with Gasteiger partial charge in [-0.1, -0.05) is 13.0 Å². The minimum Gasteiger partial charge on any atom is -0.508 e. The van der Waals surface area contributed by atoms with Gasteiger partial charge in [-0.15, -0.1) is 0 Å². The molecule has 0 heterocycles. The number of benzene rings is 1. The van der Waals surface area contributed by atoms with Gasteiger partial charge in [0.2, 0.25) is 0 Å². The summed E-state index contributed by atoms with van der Waals surface area (Å²) >= 11 is 0. The Kier molecular flexibility index (Phi) is 2.69. The molecular formula is C18H25NO. The van der Waals surface area contributed by atoms with Gasteiger partial charge in [-0.25, -0.2) is 0 Å². The highest BCUT2D eigenvalue weighted by molar-refractivity contribution is 5.40. The van der Waals surface area contributed by atoms with E-state index in [0.29, 0.717) is 23.1 Å². The van der Waals surface area contributed by atoms with Crippen LogP contribution in [0.15, 0.2) is 18.2 Å². The molecule has 5 atom stereocenters. The van der Waals surface area contributed by atoms with Gasteiger partial charge >= 0.3 is 0 Å². The van der Waals surface area contributed by atoms with E-state index >= 15 is 0 Å². The summed E-state index contributed by atoms with van der Waals surface area (Å²) in [6, 6.07) is 6.45. The smallest absolute Gasteiger partial charge is 0.115 e. The number of rotatable bonds is 0. The molecule has 0 radical (unpaired) electrons. The van der Waals surface area contributed by atoms with Crippen molar-refractivity contribution in [3.8, 4) is 5.75 Å². The lowest BCUT2D eigenvalue weighted by Crippen LogP contribution is -2.46. The SMILES string of the molecule is C[C@]12CCC3c4ccc(O)cc4CCC3C1CCC2N. The molecule has 3 N–H and O–H groups in total. The van der Waals surface area contributed by atoms with Crippen LogP contribution in [0.25, 0.3) is 0 Å². The fraction of sp³-hybridized carbons (Fsp3) is 0.667. The number of aryl methyl sites for hydroxylation is 1. The van der Waals surface area contributed by atoms with Gasteiger partial charge in [0.25, 0.3) is 0 Å². The van der Waals surface area contributed by atoms with Crippen molar-refractivity contribution in [1.82, 2.24) is 0 Å². The van der Waals surface area contributed by atoms with Crippen molar-refractivity contribution in [3.05, 3.63) is 29.3 Å². The fourth-order valence-electron chi connectivity index (χ4n) is 5.61. The van der Waals surface area contributed by atoms with Gasteiger partial charge in [-0.05, 0) is 85.0 Å². The second kappa shape index (κ2) is 4.24. The molecule has 1 aromatic carbocycles. The van der Waals surface area contributed by atoms with Gasteiger partial charge in [0.05, 0.1) is 0 Å². The first-order valence-corrected chi connectivity index (χ1v) is 8.17. The van der Waals surface area contributed by atoms with Crippen LogP contribution in [-0.4, -0.2) is 11.1 Å². The zero-order valence-electron chi connectivity index (χ0n) is 12.3. The Hall–Kier alpha value is -1.02. The second-order valence-electron chi connectivity index (χ2n) is 7.53. The van der Waals surface area contributed by atoms with E-state index in [0.717, 1.165) is 18.3 Å². The topological polar surface area (TPSA) is 46.2 Å². The maximum absolute atomic E-state index is 9.69. The third kappa shape index (κ3) is 1.60. The van der Waals surface area contributed by atoms with Gasteiger partial charge in [-0.2, -0.15) is 0 Å². The standard InChI is InChI=1S/C18H25NO/c1-18-9-8-14-13-5-3-12(20)10-11(13)2-4-15(14)16(18)6-7-17(18)19/h3,5,10,14-17,20H,2,4,6-9,19H2,1H3/t14?,15?,16?,17?,18-/m0/s1. The predicted molar refractivity (Wildman–Crippen MR) is 80.7 cm³/mol. The second-order valence-corrected chi connectivity index (χ2v) is 7.53. The third-order valence-electron chi connectivity index (χ3n) is 6.78. The largest absolute Gasteiger partial charge is 0.508 e. The Labute approximate surface area is 121 Å². The molecule has 3 aliphatic rings. The Morgan fingerprint density at radius 1 is 1.20 bits per heavy atom. The summed E-state index contributed by atoms with van der Waals surface area (Å²) in [5, 5.41) is 9.69. The summed E-state index contributed by atoms with van der Waals surface area (Å²) in [6.45, 7) is 2.44. The molecule has 2 heteroatoms. The van der Waals surface area contributed by atoms with Gasteiger partial charge in [0, 0.05) is 6.04 Å². The maximum atomic E-state index is 9.69. The normalized spacial score (nSPS) is 42.7. The zero-order chi connectivity index (χ0) is 13.9. The van der Waals surface area contributed by atoms with Crippen LogP contribution in [0.5, 0.6) is 5.75 Å². The maximum Gasteiger partial charge on any atom is 0.115 e. The summed E-state index contributed by atoms with van der Waals surface area (Å²) in [7, 11) is 0. The van der Waals surface area contributed by atoms with Crippen LogP contribution in [0.3, 0.4) is 0 Å². The molecule has 0 bridgehead atoms. The van der Waals surface area contributed by atoms with E-state index in [4.69, 9.17) is 5.73 Å². The number of phenolic OH excluding ortho intramolecular Hbond substituents is 1. The third-order valence-corrected chi connectivity index (χ3v) is 6.78. The highest BCUT2D eigenvalue weighted by atomic mass is 16.3. The van der Waals surface area contributed by atoms with Crippen molar-refractivity contribution in [2.45, 2.75) is 57.4 Å². The van der Waals surface area contributed by atoms with Crippen LogP contribution in [0.2, 0.25) is 0 Å². The Morgan fingerprint density at radius 3 is 2.90 bits per heavy atom. The molecule has 108 valence electrons. The van der Waals surface area contributed by atoms with E-state index in [1.165, 1.54) is 43.2 Å². The van der Waals surface area contributed by atoms with Crippen molar-refractivity contribution in [3.63, 3.8) is 0 Å². The molecule has 1 aromatic rings. The van der Waals surface area contributed by atoms with Crippen molar-refractivity contribution >= 4 is 0 Å². The predicted octanol–water partition coefficient (Wildman–Crippen LogP) is 3.58. The minimum atomic E-state index is 0.385. The van der Waals surface area contributed by atoms with Crippen molar-refractivity contribution in [2.75, 3.05) is 0 Å². The Balaban J connectivity index is 1.71. The van der Waals surface area contributed by atoms with Crippen LogP contribution in [0.1, 0.15) is 56.1 Å². The number of nitrogens with two attached hydrogens (primary N) is 1. The van der Waals surface area contributed by atoms with E-state index in [1.54, 1.807) is 0 Å². The molecule has 0 saturated heterocycles. The quantitative estimate of drug-likeness (QED) is 0.757. The number of phenols is 1. The van der Waals surface area contributed by atoms with E-state index in [1.807, 2.05) is 12.1 Å². The molecule has 3 aliphatic carbocycles. The summed E-state index contributed by atoms with van der Waals surface area (Å²) in [5.41, 5.74) is 9.71. The van der Waals surface area contributed by atoms with Crippen molar-refractivity contribution in [1.29, 1.82) is 0 Å². The van der Waals surface area contributed by atoms with Crippen LogP contribution in [0, 0.1) is 17.3 Å². The number of hydrogen-bond acceptors (Lipinski definition) is 2. The highest BCUT2D eigenvalue weighted by Gasteiger charge is 2.53. The van der Waals surface area contributed by atoms with Crippen LogP contribution < -0.4 is 5.73 Å². The van der Waals surface area contributed by atoms with Gasteiger partial charge in [0.1, 0.15) is 5.75 Å². The number of hydrogen-bond donors (Lipinski definition) is 2. The van der Waals surface area contributed by atoms with Gasteiger partial charge < -0.3 is 10.8 Å². The first kappa shape index (κ1) is 12.7. The Morgan fingerprint density at radius 2 is 2.05 bits per heavy atom. The lowest BCUT2D eigenvalue weighted by atomic mass is 9.55. The number of aromatic hydroxyl groups is 1.